The van der Waals surface area contributed by atoms with Gasteiger partial charge in [-0.3, -0.25) is 14.5 Å². The van der Waals surface area contributed by atoms with Crippen molar-refractivity contribution in [1.82, 2.24) is 4.90 Å². The molecule has 1 saturated heterocycles. The molecule has 0 saturated carbocycles. The number of anilines is 1. The first-order valence-corrected chi connectivity index (χ1v) is 11.1. The highest BCUT2D eigenvalue weighted by Gasteiger charge is 2.34. The third-order valence-electron chi connectivity index (χ3n) is 5.20. The van der Waals surface area contributed by atoms with Gasteiger partial charge in [0, 0.05) is 37.0 Å². The van der Waals surface area contributed by atoms with E-state index in [2.05, 4.69) is 30.9 Å². The molecule has 3 rings (SSSR count). The maximum Gasteiger partial charge on any atom is 0.293 e. The molecule has 0 bridgehead atoms. The van der Waals surface area contributed by atoms with Crippen LogP contribution in [0, 0.1) is 0 Å². The second kappa shape index (κ2) is 10.3. The lowest BCUT2D eigenvalue weighted by atomic mass is 10.1. The number of carbonyl (C=O) groups is 2. The molecule has 2 aromatic carbocycles. The number of carbonyl (C=O) groups excluding carboxylic acids is 2. The molecule has 0 aromatic heterocycles. The van der Waals surface area contributed by atoms with Crippen molar-refractivity contribution in [2.75, 3.05) is 31.6 Å². The van der Waals surface area contributed by atoms with Crippen LogP contribution in [0.3, 0.4) is 0 Å². The average Bonchev–Trinajstić information content (AvgIpc) is 3.03. The molecular weight excluding hydrogens is 396 g/mol. The summed E-state index contributed by atoms with van der Waals surface area (Å²) in [6.07, 6.45) is 3.34. The van der Waals surface area contributed by atoms with E-state index in [9.17, 15) is 9.59 Å². The molecule has 6 heteroatoms. The molecule has 0 unspecified atom stereocenters. The quantitative estimate of drug-likeness (QED) is 0.517. The summed E-state index contributed by atoms with van der Waals surface area (Å²) in [4.78, 5) is 29.2. The van der Waals surface area contributed by atoms with Gasteiger partial charge in [-0.05, 0) is 62.2 Å². The minimum atomic E-state index is -0.229. The SMILES string of the molecule is CCN(CC)c1ccc(/C=C2/SC(=O)N(CCCc3ccccc3)C2=O)c(OC)c1. The third kappa shape index (κ3) is 5.05. The van der Waals surface area contributed by atoms with Crippen molar-refractivity contribution in [2.45, 2.75) is 26.7 Å². The number of imide groups is 1. The lowest BCUT2D eigenvalue weighted by molar-refractivity contribution is -0.122. The normalized spacial score (nSPS) is 15.2. The van der Waals surface area contributed by atoms with Crippen molar-refractivity contribution >= 4 is 34.7 Å². The zero-order valence-electron chi connectivity index (χ0n) is 17.8. The lowest BCUT2D eigenvalue weighted by Crippen LogP contribution is -2.29. The minimum absolute atomic E-state index is 0.210. The first-order valence-electron chi connectivity index (χ1n) is 10.3. The molecule has 1 fully saturated rings. The predicted molar refractivity (Wildman–Crippen MR) is 124 cm³/mol. The number of rotatable bonds is 9. The third-order valence-corrected chi connectivity index (χ3v) is 6.10. The highest BCUT2D eigenvalue weighted by atomic mass is 32.2. The molecule has 0 aliphatic carbocycles. The van der Waals surface area contributed by atoms with Crippen LogP contribution in [0.5, 0.6) is 5.75 Å². The van der Waals surface area contributed by atoms with E-state index < -0.39 is 0 Å². The molecule has 0 spiro atoms. The Morgan fingerprint density at radius 3 is 2.47 bits per heavy atom. The topological polar surface area (TPSA) is 49.9 Å². The van der Waals surface area contributed by atoms with Gasteiger partial charge in [0.1, 0.15) is 5.75 Å². The van der Waals surface area contributed by atoms with Crippen LogP contribution in [0.2, 0.25) is 0 Å². The number of aryl methyl sites for hydroxylation is 1. The Kier molecular flexibility index (Phi) is 7.57. The zero-order chi connectivity index (χ0) is 21.5. The van der Waals surface area contributed by atoms with Crippen molar-refractivity contribution in [1.29, 1.82) is 0 Å². The van der Waals surface area contributed by atoms with E-state index in [1.54, 1.807) is 13.2 Å². The van der Waals surface area contributed by atoms with E-state index in [-0.39, 0.29) is 11.1 Å². The molecular formula is C24H28N2O3S. The molecule has 2 aromatic rings. The fraction of sp³-hybridized carbons (Fsp3) is 0.333. The summed E-state index contributed by atoms with van der Waals surface area (Å²) in [7, 11) is 1.62. The molecule has 5 nitrogen and oxygen atoms in total. The number of benzene rings is 2. The second-order valence-electron chi connectivity index (χ2n) is 7.02. The van der Waals surface area contributed by atoms with Gasteiger partial charge in [-0.2, -0.15) is 0 Å². The zero-order valence-corrected chi connectivity index (χ0v) is 18.6. The number of methoxy groups -OCH3 is 1. The van der Waals surface area contributed by atoms with E-state index in [0.29, 0.717) is 17.2 Å². The number of thioether (sulfide) groups is 1. The van der Waals surface area contributed by atoms with Crippen molar-refractivity contribution in [3.05, 3.63) is 64.6 Å². The van der Waals surface area contributed by atoms with Crippen LogP contribution in [-0.2, 0) is 11.2 Å². The molecule has 0 N–H and O–H groups in total. The van der Waals surface area contributed by atoms with Crippen LogP contribution in [0.4, 0.5) is 10.5 Å². The van der Waals surface area contributed by atoms with E-state index in [1.807, 2.05) is 36.4 Å². The van der Waals surface area contributed by atoms with E-state index in [4.69, 9.17) is 4.74 Å². The Morgan fingerprint density at radius 2 is 1.80 bits per heavy atom. The number of amides is 2. The molecule has 1 aliphatic rings. The number of nitrogens with zero attached hydrogens (tertiary/aromatic N) is 2. The molecule has 0 radical (unpaired) electrons. The molecule has 0 atom stereocenters. The van der Waals surface area contributed by atoms with Gasteiger partial charge in [0.2, 0.25) is 0 Å². The minimum Gasteiger partial charge on any atom is -0.496 e. The van der Waals surface area contributed by atoms with Crippen molar-refractivity contribution in [2.24, 2.45) is 0 Å². The van der Waals surface area contributed by atoms with Gasteiger partial charge in [0.05, 0.1) is 12.0 Å². The molecule has 30 heavy (non-hydrogen) atoms. The maximum atomic E-state index is 12.8. The van der Waals surface area contributed by atoms with Gasteiger partial charge in [0.25, 0.3) is 11.1 Å². The number of ether oxygens (including phenoxy) is 1. The number of hydrogen-bond acceptors (Lipinski definition) is 5. The Labute approximate surface area is 182 Å². The summed E-state index contributed by atoms with van der Waals surface area (Å²) in [6, 6.07) is 16.0. The average molecular weight is 425 g/mol. The monoisotopic (exact) mass is 424 g/mol. The molecule has 1 aliphatic heterocycles. The summed E-state index contributed by atoms with van der Waals surface area (Å²) in [6.45, 7) is 6.45. The summed E-state index contributed by atoms with van der Waals surface area (Å²) in [5.74, 6) is 0.461. The Hall–Kier alpha value is -2.73. The van der Waals surface area contributed by atoms with Crippen LogP contribution < -0.4 is 9.64 Å². The first-order chi connectivity index (χ1) is 14.6. The highest BCUT2D eigenvalue weighted by molar-refractivity contribution is 8.18. The van der Waals surface area contributed by atoms with Crippen molar-refractivity contribution in [3.8, 4) is 5.75 Å². The standard InChI is InChI=1S/C24H28N2O3S/c1-4-25(5-2)20-14-13-19(21(17-20)29-3)16-22-23(27)26(24(28)30-22)15-9-12-18-10-7-6-8-11-18/h6-8,10-11,13-14,16-17H,4-5,9,12,15H2,1-3H3/b22-16+. The van der Waals surface area contributed by atoms with E-state index in [0.717, 1.165) is 48.9 Å². The van der Waals surface area contributed by atoms with Crippen LogP contribution in [0.25, 0.3) is 6.08 Å². The Bertz CT molecular complexity index is 923. The van der Waals surface area contributed by atoms with Gasteiger partial charge in [-0.1, -0.05) is 30.3 Å². The van der Waals surface area contributed by atoms with Crippen LogP contribution in [0.15, 0.2) is 53.4 Å². The van der Waals surface area contributed by atoms with E-state index in [1.165, 1.54) is 10.5 Å². The van der Waals surface area contributed by atoms with Crippen LogP contribution >= 0.6 is 11.8 Å². The smallest absolute Gasteiger partial charge is 0.293 e. The first kappa shape index (κ1) is 22.0. The fourth-order valence-electron chi connectivity index (χ4n) is 3.52. The predicted octanol–water partition coefficient (Wildman–Crippen LogP) is 5.21. The summed E-state index contributed by atoms with van der Waals surface area (Å²) < 4.78 is 5.55. The van der Waals surface area contributed by atoms with E-state index >= 15 is 0 Å². The number of hydrogen-bond donors (Lipinski definition) is 0. The van der Waals surface area contributed by atoms with Crippen molar-refractivity contribution < 1.29 is 14.3 Å². The van der Waals surface area contributed by atoms with Gasteiger partial charge in [0.15, 0.2) is 0 Å². The van der Waals surface area contributed by atoms with Crippen LogP contribution in [-0.4, -0.2) is 42.8 Å². The molecule has 1 heterocycles. The Balaban J connectivity index is 1.71. The van der Waals surface area contributed by atoms with Gasteiger partial charge in [-0.25, -0.2) is 0 Å². The molecule has 158 valence electrons. The van der Waals surface area contributed by atoms with Gasteiger partial charge < -0.3 is 9.64 Å². The summed E-state index contributed by atoms with van der Waals surface area (Å²) >= 11 is 0.994. The molecule has 2 amide bonds. The highest BCUT2D eigenvalue weighted by Crippen LogP contribution is 2.35. The maximum absolute atomic E-state index is 12.8. The fourth-order valence-corrected chi connectivity index (χ4v) is 4.38. The Morgan fingerprint density at radius 1 is 1.07 bits per heavy atom. The summed E-state index contributed by atoms with van der Waals surface area (Å²) in [5, 5.41) is -0.210. The van der Waals surface area contributed by atoms with Crippen molar-refractivity contribution in [3.63, 3.8) is 0 Å². The summed E-state index contributed by atoms with van der Waals surface area (Å²) in [5.41, 5.74) is 3.07. The second-order valence-corrected chi connectivity index (χ2v) is 8.01. The van der Waals surface area contributed by atoms with Gasteiger partial charge >= 0.3 is 0 Å². The largest absolute Gasteiger partial charge is 0.496 e. The van der Waals surface area contributed by atoms with Gasteiger partial charge in [-0.15, -0.1) is 0 Å². The van der Waals surface area contributed by atoms with Crippen LogP contribution in [0.1, 0.15) is 31.4 Å². The lowest BCUT2D eigenvalue weighted by Gasteiger charge is -2.22.